The van der Waals surface area contributed by atoms with Crippen molar-refractivity contribution in [2.45, 2.75) is 25.1 Å². The van der Waals surface area contributed by atoms with Gasteiger partial charge in [0.25, 0.3) is 0 Å². The third kappa shape index (κ3) is 4.12. The molecule has 1 saturated heterocycles. The normalized spacial score (nSPS) is 16.1. The SMILES string of the molecule is CN(c1ncc(Cl)cn1)C1CCN(c2cc(C(F)(F)F)ccn2)CC1. The van der Waals surface area contributed by atoms with Gasteiger partial charge in [0.1, 0.15) is 5.82 Å². The highest BCUT2D eigenvalue weighted by atomic mass is 35.5. The minimum Gasteiger partial charge on any atom is -0.356 e. The van der Waals surface area contributed by atoms with Gasteiger partial charge in [-0.2, -0.15) is 13.2 Å². The van der Waals surface area contributed by atoms with Gasteiger partial charge in [-0.3, -0.25) is 0 Å². The lowest BCUT2D eigenvalue weighted by atomic mass is 10.0. The van der Waals surface area contributed by atoms with E-state index in [1.807, 2.05) is 16.8 Å². The van der Waals surface area contributed by atoms with E-state index in [2.05, 4.69) is 15.0 Å². The third-order valence-electron chi connectivity index (χ3n) is 4.33. The Balaban J connectivity index is 1.65. The molecule has 3 rings (SSSR count). The van der Waals surface area contributed by atoms with Crippen LogP contribution in [0.1, 0.15) is 18.4 Å². The lowest BCUT2D eigenvalue weighted by Gasteiger charge is -2.37. The fourth-order valence-corrected chi connectivity index (χ4v) is 3.00. The van der Waals surface area contributed by atoms with E-state index in [0.717, 1.165) is 25.0 Å². The monoisotopic (exact) mass is 371 g/mol. The molecule has 0 aromatic carbocycles. The number of nitrogens with zero attached hydrogens (tertiary/aromatic N) is 5. The van der Waals surface area contributed by atoms with Crippen molar-refractivity contribution in [1.29, 1.82) is 0 Å². The van der Waals surface area contributed by atoms with Crippen LogP contribution in [0.4, 0.5) is 24.9 Å². The fraction of sp³-hybridized carbons (Fsp3) is 0.438. The molecule has 1 aliphatic heterocycles. The molecule has 0 saturated carbocycles. The van der Waals surface area contributed by atoms with Crippen LogP contribution in [0.25, 0.3) is 0 Å². The average Bonchev–Trinajstić information content (AvgIpc) is 2.61. The Kier molecular flexibility index (Phi) is 4.99. The summed E-state index contributed by atoms with van der Waals surface area (Å²) >= 11 is 5.80. The van der Waals surface area contributed by atoms with Crippen LogP contribution >= 0.6 is 11.6 Å². The van der Waals surface area contributed by atoms with Crippen LogP contribution in [-0.2, 0) is 6.18 Å². The molecule has 3 heterocycles. The second kappa shape index (κ2) is 7.03. The van der Waals surface area contributed by atoms with E-state index in [1.165, 1.54) is 6.20 Å². The van der Waals surface area contributed by atoms with Gasteiger partial charge in [-0.1, -0.05) is 11.6 Å². The molecule has 1 fully saturated rings. The molecule has 0 amide bonds. The number of hydrogen-bond acceptors (Lipinski definition) is 5. The predicted molar refractivity (Wildman–Crippen MR) is 89.9 cm³/mol. The molecule has 0 aliphatic carbocycles. The largest absolute Gasteiger partial charge is 0.416 e. The molecule has 2 aromatic heterocycles. The first kappa shape index (κ1) is 17.7. The third-order valence-corrected chi connectivity index (χ3v) is 4.53. The van der Waals surface area contributed by atoms with Crippen molar-refractivity contribution in [1.82, 2.24) is 15.0 Å². The van der Waals surface area contributed by atoms with Crippen LogP contribution in [0.2, 0.25) is 5.02 Å². The summed E-state index contributed by atoms with van der Waals surface area (Å²) in [5, 5.41) is 0.475. The zero-order chi connectivity index (χ0) is 18.0. The summed E-state index contributed by atoms with van der Waals surface area (Å²) < 4.78 is 38.5. The molecular formula is C16H17ClF3N5. The van der Waals surface area contributed by atoms with E-state index in [9.17, 15) is 13.2 Å². The van der Waals surface area contributed by atoms with E-state index in [4.69, 9.17) is 11.6 Å². The molecule has 5 nitrogen and oxygen atoms in total. The molecule has 0 bridgehead atoms. The fourth-order valence-electron chi connectivity index (χ4n) is 2.90. The first-order valence-electron chi connectivity index (χ1n) is 7.83. The van der Waals surface area contributed by atoms with Crippen molar-refractivity contribution in [3.05, 3.63) is 41.3 Å². The van der Waals surface area contributed by atoms with Gasteiger partial charge in [-0.25, -0.2) is 15.0 Å². The number of hydrogen-bond donors (Lipinski definition) is 0. The Hall–Kier alpha value is -2.09. The number of piperidine rings is 1. The first-order valence-corrected chi connectivity index (χ1v) is 8.21. The van der Waals surface area contributed by atoms with Gasteiger partial charge >= 0.3 is 6.18 Å². The van der Waals surface area contributed by atoms with Crippen molar-refractivity contribution in [3.63, 3.8) is 0 Å². The number of anilines is 2. The van der Waals surface area contributed by atoms with Gasteiger partial charge in [0, 0.05) is 32.4 Å². The minimum absolute atomic E-state index is 0.211. The summed E-state index contributed by atoms with van der Waals surface area (Å²) in [6, 6.07) is 2.30. The minimum atomic E-state index is -4.36. The van der Waals surface area contributed by atoms with Crippen molar-refractivity contribution in [2.24, 2.45) is 0 Å². The lowest BCUT2D eigenvalue weighted by molar-refractivity contribution is -0.137. The van der Waals surface area contributed by atoms with Crippen LogP contribution in [0.3, 0.4) is 0 Å². The highest BCUT2D eigenvalue weighted by Gasteiger charge is 2.32. The Morgan fingerprint density at radius 3 is 2.40 bits per heavy atom. The van der Waals surface area contributed by atoms with Crippen LogP contribution in [0.5, 0.6) is 0 Å². The molecule has 134 valence electrons. The van der Waals surface area contributed by atoms with E-state index in [0.29, 0.717) is 29.9 Å². The summed E-state index contributed by atoms with van der Waals surface area (Å²) in [6.45, 7) is 1.24. The molecule has 0 atom stereocenters. The molecule has 9 heteroatoms. The summed E-state index contributed by atoms with van der Waals surface area (Å²) in [7, 11) is 1.91. The molecule has 1 aliphatic rings. The highest BCUT2D eigenvalue weighted by molar-refractivity contribution is 6.30. The number of rotatable bonds is 3. The number of pyridine rings is 1. The molecule has 2 aromatic rings. The second-order valence-corrected chi connectivity index (χ2v) is 6.37. The number of aromatic nitrogens is 3. The summed E-state index contributed by atoms with van der Waals surface area (Å²) in [4.78, 5) is 16.3. The Morgan fingerprint density at radius 1 is 1.16 bits per heavy atom. The molecular weight excluding hydrogens is 355 g/mol. The maximum absolute atomic E-state index is 12.8. The zero-order valence-corrected chi connectivity index (χ0v) is 14.3. The van der Waals surface area contributed by atoms with Gasteiger partial charge in [0.15, 0.2) is 0 Å². The summed E-state index contributed by atoms with van der Waals surface area (Å²) in [6.07, 6.45) is 1.49. The van der Waals surface area contributed by atoms with Crippen LogP contribution in [0, 0.1) is 0 Å². The van der Waals surface area contributed by atoms with Gasteiger partial charge in [0.2, 0.25) is 5.95 Å². The van der Waals surface area contributed by atoms with Crippen molar-refractivity contribution >= 4 is 23.4 Å². The van der Waals surface area contributed by atoms with E-state index in [1.54, 1.807) is 12.4 Å². The van der Waals surface area contributed by atoms with Crippen LogP contribution < -0.4 is 9.80 Å². The zero-order valence-electron chi connectivity index (χ0n) is 13.5. The van der Waals surface area contributed by atoms with Gasteiger partial charge in [-0.15, -0.1) is 0 Å². The Bertz CT molecular complexity index is 714. The molecule has 25 heavy (non-hydrogen) atoms. The maximum atomic E-state index is 12.8. The summed E-state index contributed by atoms with van der Waals surface area (Å²) in [5.41, 5.74) is -0.675. The van der Waals surface area contributed by atoms with E-state index in [-0.39, 0.29) is 6.04 Å². The molecule has 0 unspecified atom stereocenters. The smallest absolute Gasteiger partial charge is 0.356 e. The quantitative estimate of drug-likeness (QED) is 0.824. The Morgan fingerprint density at radius 2 is 1.80 bits per heavy atom. The predicted octanol–water partition coefficient (Wildman–Crippen LogP) is 3.65. The van der Waals surface area contributed by atoms with Gasteiger partial charge in [-0.05, 0) is 25.0 Å². The van der Waals surface area contributed by atoms with Crippen molar-refractivity contribution in [3.8, 4) is 0 Å². The number of halogens is 4. The molecule has 0 radical (unpaired) electrons. The average molecular weight is 372 g/mol. The maximum Gasteiger partial charge on any atom is 0.416 e. The summed E-state index contributed by atoms with van der Waals surface area (Å²) in [5.74, 6) is 0.943. The standard InChI is InChI=1S/C16H17ClF3N5/c1-24(15-22-9-12(17)10-23-15)13-3-6-25(7-4-13)14-8-11(2-5-21-14)16(18,19)20/h2,5,8-10,13H,3-4,6-7H2,1H3. The van der Waals surface area contributed by atoms with E-state index < -0.39 is 11.7 Å². The Labute approximate surface area is 148 Å². The topological polar surface area (TPSA) is 45.2 Å². The van der Waals surface area contributed by atoms with Crippen LogP contribution in [0.15, 0.2) is 30.7 Å². The molecule has 0 N–H and O–H groups in total. The first-order chi connectivity index (χ1) is 11.8. The van der Waals surface area contributed by atoms with Crippen LogP contribution in [-0.4, -0.2) is 41.1 Å². The lowest BCUT2D eigenvalue weighted by Crippen LogP contribution is -2.44. The molecule has 0 spiro atoms. The van der Waals surface area contributed by atoms with Gasteiger partial charge < -0.3 is 9.80 Å². The number of alkyl halides is 3. The second-order valence-electron chi connectivity index (χ2n) is 5.93. The highest BCUT2D eigenvalue weighted by Crippen LogP contribution is 2.31. The van der Waals surface area contributed by atoms with Crippen molar-refractivity contribution in [2.75, 3.05) is 29.9 Å². The van der Waals surface area contributed by atoms with E-state index >= 15 is 0 Å². The van der Waals surface area contributed by atoms with Gasteiger partial charge in [0.05, 0.1) is 23.0 Å². The van der Waals surface area contributed by atoms with Crippen molar-refractivity contribution < 1.29 is 13.2 Å².